The number of rotatable bonds is 7. The number of nitrogens with zero attached hydrogens (tertiary/aromatic N) is 3. The summed E-state index contributed by atoms with van der Waals surface area (Å²) in [5.41, 5.74) is 0. The highest BCUT2D eigenvalue weighted by atomic mass is 32.2. The maximum Gasteiger partial charge on any atom is 0.0916 e. The Morgan fingerprint density at radius 2 is 1.45 bits per heavy atom. The van der Waals surface area contributed by atoms with Crippen molar-refractivity contribution in [3.8, 4) is 0 Å². The predicted molar refractivity (Wildman–Crippen MR) is 85.9 cm³/mol. The van der Waals surface area contributed by atoms with Crippen molar-refractivity contribution < 1.29 is 17.5 Å². The second kappa shape index (κ2) is 11.4. The zero-order chi connectivity index (χ0) is 15.7. The van der Waals surface area contributed by atoms with Crippen molar-refractivity contribution in [3.63, 3.8) is 0 Å². The van der Waals surface area contributed by atoms with E-state index in [4.69, 9.17) is 13.0 Å². The summed E-state index contributed by atoms with van der Waals surface area (Å²) in [7, 11) is 7.12. The van der Waals surface area contributed by atoms with Gasteiger partial charge in [-0.3, -0.25) is 4.90 Å². The average molecular weight is 314 g/mol. The van der Waals surface area contributed by atoms with Crippen molar-refractivity contribution >= 4 is 10.1 Å². The first-order valence-corrected chi connectivity index (χ1v) is 8.25. The molecule has 0 aliphatic rings. The lowest BCUT2D eigenvalue weighted by Gasteiger charge is -2.30. The van der Waals surface area contributed by atoms with Crippen LogP contribution < -0.4 is 0 Å². The summed E-state index contributed by atoms with van der Waals surface area (Å²) >= 11 is 0. The van der Waals surface area contributed by atoms with Gasteiger partial charge in [0.05, 0.1) is 37.3 Å². The SMILES string of the molecule is C.CC[N+](C)(C)CCN(C)CCN(C)C.CS(=O)(=O)[O-]. The third kappa shape index (κ3) is 26.4. The molecule has 6 nitrogen and oxygen atoms in total. The van der Waals surface area contributed by atoms with Crippen molar-refractivity contribution in [1.82, 2.24) is 9.80 Å². The van der Waals surface area contributed by atoms with Gasteiger partial charge in [-0.15, -0.1) is 0 Å². The van der Waals surface area contributed by atoms with Crippen LogP contribution in [-0.2, 0) is 10.1 Å². The summed E-state index contributed by atoms with van der Waals surface area (Å²) < 4.78 is 28.3. The first-order valence-electron chi connectivity index (χ1n) is 6.43. The molecule has 0 N–H and O–H groups in total. The molecule has 0 spiro atoms. The minimum Gasteiger partial charge on any atom is -0.748 e. The van der Waals surface area contributed by atoms with Gasteiger partial charge in [-0.25, -0.2) is 8.42 Å². The first-order chi connectivity index (χ1) is 8.37. The van der Waals surface area contributed by atoms with E-state index in [-0.39, 0.29) is 7.43 Å². The summed E-state index contributed by atoms with van der Waals surface area (Å²) in [6.45, 7) is 8.20. The monoisotopic (exact) mass is 313 g/mol. The van der Waals surface area contributed by atoms with Crippen LogP contribution in [0.3, 0.4) is 0 Å². The molecule has 20 heavy (non-hydrogen) atoms. The first kappa shape index (κ1) is 24.8. The fourth-order valence-electron chi connectivity index (χ4n) is 1.08. The molecule has 7 heteroatoms. The third-order valence-electron chi connectivity index (χ3n) is 2.87. The zero-order valence-electron chi connectivity index (χ0n) is 13.5. The predicted octanol–water partition coefficient (Wildman–Crippen LogP) is 0.374. The topological polar surface area (TPSA) is 63.7 Å². The molecule has 0 aromatic carbocycles. The van der Waals surface area contributed by atoms with E-state index in [9.17, 15) is 0 Å². The van der Waals surface area contributed by atoms with Gasteiger partial charge in [0.2, 0.25) is 0 Å². The van der Waals surface area contributed by atoms with E-state index in [0.29, 0.717) is 6.26 Å². The summed E-state index contributed by atoms with van der Waals surface area (Å²) in [5, 5.41) is 0. The zero-order valence-corrected chi connectivity index (χ0v) is 14.3. The Morgan fingerprint density at radius 3 is 1.75 bits per heavy atom. The summed E-state index contributed by atoms with van der Waals surface area (Å²) in [6.07, 6.45) is 0.604. The third-order valence-corrected chi connectivity index (χ3v) is 2.87. The van der Waals surface area contributed by atoms with Gasteiger partial charge in [0.1, 0.15) is 0 Å². The van der Waals surface area contributed by atoms with Crippen LogP contribution in [-0.4, -0.2) is 101 Å². The van der Waals surface area contributed by atoms with E-state index < -0.39 is 10.1 Å². The van der Waals surface area contributed by atoms with Crippen LogP contribution in [0.25, 0.3) is 0 Å². The Morgan fingerprint density at radius 1 is 1.05 bits per heavy atom. The molecule has 0 aromatic rings. The molecular weight excluding hydrogens is 278 g/mol. The van der Waals surface area contributed by atoms with Crippen molar-refractivity contribution in [2.24, 2.45) is 0 Å². The lowest BCUT2D eigenvalue weighted by atomic mass is 10.4. The van der Waals surface area contributed by atoms with Crippen LogP contribution >= 0.6 is 0 Å². The molecule has 0 heterocycles. The van der Waals surface area contributed by atoms with E-state index in [1.165, 1.54) is 19.6 Å². The molecule has 0 aliphatic carbocycles. The fraction of sp³-hybridized carbons (Fsp3) is 1.00. The van der Waals surface area contributed by atoms with Gasteiger partial charge in [0, 0.05) is 25.9 Å². The Balaban J connectivity index is -0.000000414. The van der Waals surface area contributed by atoms with Gasteiger partial charge in [-0.2, -0.15) is 0 Å². The van der Waals surface area contributed by atoms with Crippen LogP contribution in [0, 0.1) is 0 Å². The Hall–Kier alpha value is -0.210. The van der Waals surface area contributed by atoms with Crippen molar-refractivity contribution in [3.05, 3.63) is 0 Å². The standard InChI is InChI=1S/C11H28N3.CH4O3S.CH4/c1-7-14(5,6)11-10-13(4)9-8-12(2)3;1-5(2,3)4;/h7-11H2,1-6H3;1H3,(H,2,3,4);1H4/q+1;;/p-1. The number of quaternary nitrogens is 1. The molecule has 0 amide bonds. The maximum atomic E-state index is 9.08. The highest BCUT2D eigenvalue weighted by Gasteiger charge is 2.12. The summed E-state index contributed by atoms with van der Waals surface area (Å²) in [5.74, 6) is 0. The minimum absolute atomic E-state index is 0. The van der Waals surface area contributed by atoms with Crippen LogP contribution in [0.5, 0.6) is 0 Å². The molecule has 126 valence electrons. The van der Waals surface area contributed by atoms with Gasteiger partial charge in [-0.1, -0.05) is 7.43 Å². The van der Waals surface area contributed by atoms with Crippen molar-refractivity contribution in [2.75, 3.05) is 74.2 Å². The smallest absolute Gasteiger partial charge is 0.0916 e. The molecule has 0 saturated carbocycles. The Labute approximate surface area is 126 Å². The summed E-state index contributed by atoms with van der Waals surface area (Å²) in [6, 6.07) is 0. The van der Waals surface area contributed by atoms with Crippen LogP contribution in [0.4, 0.5) is 0 Å². The molecule has 0 bridgehead atoms. The maximum absolute atomic E-state index is 9.08. The van der Waals surface area contributed by atoms with E-state index in [1.807, 2.05) is 0 Å². The molecule has 0 rings (SSSR count). The molecule has 0 aliphatic heterocycles. The highest BCUT2D eigenvalue weighted by Crippen LogP contribution is 1.96. The van der Waals surface area contributed by atoms with Crippen molar-refractivity contribution in [2.45, 2.75) is 14.4 Å². The molecule has 0 atom stereocenters. The highest BCUT2D eigenvalue weighted by molar-refractivity contribution is 7.84. The van der Waals surface area contributed by atoms with Gasteiger partial charge >= 0.3 is 0 Å². The lowest BCUT2D eigenvalue weighted by molar-refractivity contribution is -0.888. The summed E-state index contributed by atoms with van der Waals surface area (Å²) in [4.78, 5) is 4.64. The van der Waals surface area contributed by atoms with Gasteiger partial charge in [-0.05, 0) is 28.1 Å². The molecule has 0 unspecified atom stereocenters. The largest absolute Gasteiger partial charge is 0.748 e. The lowest BCUT2D eigenvalue weighted by Crippen LogP contribution is -2.45. The molecular formula is C13H35N3O3S. The second-order valence-corrected chi connectivity index (χ2v) is 7.19. The van der Waals surface area contributed by atoms with Crippen LogP contribution in [0.1, 0.15) is 14.4 Å². The van der Waals surface area contributed by atoms with E-state index in [1.54, 1.807) is 0 Å². The van der Waals surface area contributed by atoms with E-state index in [0.717, 1.165) is 17.6 Å². The van der Waals surface area contributed by atoms with Gasteiger partial charge in [0.25, 0.3) is 0 Å². The van der Waals surface area contributed by atoms with Crippen LogP contribution in [0.15, 0.2) is 0 Å². The average Bonchev–Trinajstić information content (AvgIpc) is 2.21. The van der Waals surface area contributed by atoms with E-state index >= 15 is 0 Å². The Bertz CT molecular complexity index is 309. The number of likely N-dealkylation sites (N-methyl/N-ethyl adjacent to an activating group) is 3. The van der Waals surface area contributed by atoms with Gasteiger partial charge in [0.15, 0.2) is 0 Å². The Kier molecular flexibility index (Phi) is 14.2. The number of hydrogen-bond donors (Lipinski definition) is 0. The van der Waals surface area contributed by atoms with Crippen molar-refractivity contribution in [1.29, 1.82) is 0 Å². The molecule has 0 aromatic heterocycles. The van der Waals surface area contributed by atoms with Crippen LogP contribution in [0.2, 0.25) is 0 Å². The van der Waals surface area contributed by atoms with E-state index in [2.05, 4.69) is 52.0 Å². The molecule has 0 saturated heterocycles. The molecule has 0 radical (unpaired) electrons. The quantitative estimate of drug-likeness (QED) is 0.502. The van der Waals surface area contributed by atoms with Gasteiger partial charge < -0.3 is 13.9 Å². The molecule has 0 fully saturated rings. The normalized spacial score (nSPS) is 11.9. The number of hydrogen-bond acceptors (Lipinski definition) is 5. The minimum atomic E-state index is -3.92. The second-order valence-electron chi connectivity index (χ2n) is 5.79. The fourth-order valence-corrected chi connectivity index (χ4v) is 1.08.